The van der Waals surface area contributed by atoms with E-state index in [-0.39, 0.29) is 5.60 Å². The Bertz CT molecular complexity index is 388. The smallest absolute Gasteiger partial charge is 0.232 e. The van der Waals surface area contributed by atoms with Crippen molar-refractivity contribution in [3.05, 3.63) is 18.1 Å². The minimum absolute atomic E-state index is 0.165. The van der Waals surface area contributed by atoms with E-state index in [4.69, 9.17) is 9.47 Å². The molecule has 1 N–H and O–H groups in total. The van der Waals surface area contributed by atoms with Crippen LogP contribution in [0.4, 0.5) is 0 Å². The molecule has 0 amide bonds. The van der Waals surface area contributed by atoms with Crippen molar-refractivity contribution in [1.82, 2.24) is 15.3 Å². The number of aromatic nitrogens is 2. The highest BCUT2D eigenvalue weighted by atomic mass is 16.5. The molecule has 0 saturated heterocycles. The largest absolute Gasteiger partial charge is 0.476 e. The van der Waals surface area contributed by atoms with E-state index in [9.17, 15) is 0 Å². The summed E-state index contributed by atoms with van der Waals surface area (Å²) < 4.78 is 10.9. The lowest BCUT2D eigenvalue weighted by molar-refractivity contribution is 0.00504. The number of nitrogens with zero attached hydrogens (tertiary/aromatic N) is 2. The van der Waals surface area contributed by atoms with Crippen molar-refractivity contribution < 1.29 is 9.47 Å². The Morgan fingerprint density at radius 1 is 1.32 bits per heavy atom. The zero-order valence-electron chi connectivity index (χ0n) is 12.0. The van der Waals surface area contributed by atoms with Crippen LogP contribution in [0.15, 0.2) is 12.4 Å². The van der Waals surface area contributed by atoms with Gasteiger partial charge in [0, 0.05) is 26.1 Å². The Morgan fingerprint density at radius 2 is 2.11 bits per heavy atom. The van der Waals surface area contributed by atoms with Crippen molar-refractivity contribution in [2.75, 3.05) is 13.7 Å². The average molecular weight is 265 g/mol. The van der Waals surface area contributed by atoms with Crippen LogP contribution in [0.25, 0.3) is 0 Å². The third-order valence-corrected chi connectivity index (χ3v) is 3.34. The number of ether oxygens (including phenoxy) is 2. The van der Waals surface area contributed by atoms with Crippen LogP contribution in [-0.4, -0.2) is 35.3 Å². The normalized spacial score (nSPS) is 15.5. The molecule has 19 heavy (non-hydrogen) atoms. The van der Waals surface area contributed by atoms with Gasteiger partial charge in [-0.3, -0.25) is 4.98 Å². The molecule has 2 rings (SSSR count). The molecule has 5 nitrogen and oxygen atoms in total. The Hall–Kier alpha value is -1.20. The molecule has 0 unspecified atom stereocenters. The summed E-state index contributed by atoms with van der Waals surface area (Å²) >= 11 is 0. The van der Waals surface area contributed by atoms with E-state index in [2.05, 4.69) is 15.3 Å². The fourth-order valence-electron chi connectivity index (χ4n) is 1.55. The maximum atomic E-state index is 5.56. The van der Waals surface area contributed by atoms with Crippen LogP contribution in [0.3, 0.4) is 0 Å². The van der Waals surface area contributed by atoms with Crippen LogP contribution in [0.5, 0.6) is 5.88 Å². The van der Waals surface area contributed by atoms with Gasteiger partial charge in [0.1, 0.15) is 0 Å². The van der Waals surface area contributed by atoms with E-state index in [0.29, 0.717) is 18.5 Å². The molecule has 0 radical (unpaired) electrons. The summed E-state index contributed by atoms with van der Waals surface area (Å²) in [5.74, 6) is 0.571. The molecule has 1 aliphatic carbocycles. The first-order valence-electron chi connectivity index (χ1n) is 6.81. The number of rotatable bonds is 8. The molecule has 0 bridgehead atoms. The molecule has 1 aliphatic rings. The first kappa shape index (κ1) is 14.2. The van der Waals surface area contributed by atoms with Gasteiger partial charge in [-0.1, -0.05) is 0 Å². The van der Waals surface area contributed by atoms with Gasteiger partial charge in [0.15, 0.2) is 0 Å². The van der Waals surface area contributed by atoms with Crippen LogP contribution < -0.4 is 10.1 Å². The van der Waals surface area contributed by atoms with Gasteiger partial charge in [0.25, 0.3) is 0 Å². The van der Waals surface area contributed by atoms with E-state index >= 15 is 0 Å². The standard InChI is InChI=1S/C14H23N3O2/c1-14(2,18-3)6-7-19-13-10-16-12(9-17-13)8-15-11-4-5-11/h9-11,15H,4-8H2,1-3H3. The van der Waals surface area contributed by atoms with Gasteiger partial charge in [-0.2, -0.15) is 0 Å². The van der Waals surface area contributed by atoms with Crippen molar-refractivity contribution in [2.24, 2.45) is 0 Å². The van der Waals surface area contributed by atoms with E-state index in [0.717, 1.165) is 18.7 Å². The average Bonchev–Trinajstić information content (AvgIpc) is 3.22. The molecule has 0 spiro atoms. The number of hydrogen-bond acceptors (Lipinski definition) is 5. The van der Waals surface area contributed by atoms with Gasteiger partial charge < -0.3 is 14.8 Å². The molecule has 5 heteroatoms. The summed E-state index contributed by atoms with van der Waals surface area (Å²) in [6, 6.07) is 0.689. The van der Waals surface area contributed by atoms with E-state index in [1.54, 1.807) is 19.5 Å². The molecule has 1 heterocycles. The second-order valence-electron chi connectivity index (χ2n) is 5.56. The van der Waals surface area contributed by atoms with Gasteiger partial charge in [-0.05, 0) is 26.7 Å². The first-order valence-corrected chi connectivity index (χ1v) is 6.81. The Labute approximate surface area is 114 Å². The zero-order chi connectivity index (χ0) is 13.7. The van der Waals surface area contributed by atoms with Crippen LogP contribution in [-0.2, 0) is 11.3 Å². The van der Waals surface area contributed by atoms with Crippen LogP contribution >= 0.6 is 0 Å². The lowest BCUT2D eigenvalue weighted by atomic mass is 10.1. The second kappa shape index (κ2) is 6.30. The monoisotopic (exact) mass is 265 g/mol. The Balaban J connectivity index is 1.71. The Kier molecular flexibility index (Phi) is 4.71. The summed E-state index contributed by atoms with van der Waals surface area (Å²) in [7, 11) is 1.71. The van der Waals surface area contributed by atoms with Gasteiger partial charge in [-0.25, -0.2) is 4.98 Å². The number of hydrogen-bond donors (Lipinski definition) is 1. The maximum Gasteiger partial charge on any atom is 0.232 e. The molecule has 1 fully saturated rings. The third-order valence-electron chi connectivity index (χ3n) is 3.34. The van der Waals surface area contributed by atoms with Gasteiger partial charge in [-0.15, -0.1) is 0 Å². The number of nitrogens with one attached hydrogen (secondary N) is 1. The molecule has 106 valence electrons. The van der Waals surface area contributed by atoms with E-state index in [1.165, 1.54) is 12.8 Å². The predicted octanol–water partition coefficient (Wildman–Crippen LogP) is 1.92. The SMILES string of the molecule is COC(C)(C)CCOc1cnc(CNC2CC2)cn1. The summed E-state index contributed by atoms with van der Waals surface area (Å²) in [5, 5.41) is 3.40. The summed E-state index contributed by atoms with van der Waals surface area (Å²) in [5.41, 5.74) is 0.790. The molecule has 1 aromatic heterocycles. The lowest BCUT2D eigenvalue weighted by Gasteiger charge is -2.22. The molecular formula is C14H23N3O2. The van der Waals surface area contributed by atoms with Gasteiger partial charge in [0.2, 0.25) is 5.88 Å². The first-order chi connectivity index (χ1) is 9.09. The van der Waals surface area contributed by atoms with Crippen molar-refractivity contribution >= 4 is 0 Å². The molecule has 0 aliphatic heterocycles. The fourth-order valence-corrected chi connectivity index (χ4v) is 1.55. The minimum atomic E-state index is -0.165. The highest BCUT2D eigenvalue weighted by Crippen LogP contribution is 2.19. The van der Waals surface area contributed by atoms with Crippen molar-refractivity contribution in [1.29, 1.82) is 0 Å². The molecule has 1 aromatic rings. The minimum Gasteiger partial charge on any atom is -0.476 e. The van der Waals surface area contributed by atoms with Crippen LogP contribution in [0, 0.1) is 0 Å². The Morgan fingerprint density at radius 3 is 2.68 bits per heavy atom. The second-order valence-corrected chi connectivity index (χ2v) is 5.56. The summed E-state index contributed by atoms with van der Waals surface area (Å²) in [6.07, 6.45) is 6.83. The van der Waals surface area contributed by atoms with E-state index < -0.39 is 0 Å². The highest BCUT2D eigenvalue weighted by molar-refractivity contribution is 5.07. The molecular weight excluding hydrogens is 242 g/mol. The summed E-state index contributed by atoms with van der Waals surface area (Å²) in [4.78, 5) is 8.59. The quantitative estimate of drug-likeness (QED) is 0.778. The van der Waals surface area contributed by atoms with E-state index in [1.807, 2.05) is 13.8 Å². The third kappa shape index (κ3) is 5.12. The number of methoxy groups -OCH3 is 1. The molecule has 1 saturated carbocycles. The lowest BCUT2D eigenvalue weighted by Crippen LogP contribution is -2.25. The van der Waals surface area contributed by atoms with Gasteiger partial charge in [0.05, 0.1) is 30.3 Å². The van der Waals surface area contributed by atoms with Crippen LogP contribution in [0.1, 0.15) is 38.8 Å². The van der Waals surface area contributed by atoms with Crippen LogP contribution in [0.2, 0.25) is 0 Å². The van der Waals surface area contributed by atoms with Crippen molar-refractivity contribution in [2.45, 2.75) is 51.3 Å². The summed E-state index contributed by atoms with van der Waals surface area (Å²) in [6.45, 7) is 5.44. The van der Waals surface area contributed by atoms with Gasteiger partial charge >= 0.3 is 0 Å². The maximum absolute atomic E-state index is 5.56. The molecule has 0 atom stereocenters. The molecule has 0 aromatic carbocycles. The van der Waals surface area contributed by atoms with Crippen molar-refractivity contribution in [3.63, 3.8) is 0 Å². The fraction of sp³-hybridized carbons (Fsp3) is 0.714. The predicted molar refractivity (Wildman–Crippen MR) is 73.1 cm³/mol. The highest BCUT2D eigenvalue weighted by Gasteiger charge is 2.20. The van der Waals surface area contributed by atoms with Crippen molar-refractivity contribution in [3.8, 4) is 5.88 Å². The topological polar surface area (TPSA) is 56.3 Å². The zero-order valence-corrected chi connectivity index (χ0v) is 12.0.